The van der Waals surface area contributed by atoms with Gasteiger partial charge in [-0.25, -0.2) is 0 Å². The van der Waals surface area contributed by atoms with Gasteiger partial charge in [0.25, 0.3) is 0 Å². The molecular formula is C13H26N2. The molecule has 2 rings (SSSR count). The standard InChI is InChI=1S/C13H26N2/c1-15-9-5-8-14-11-13(15)10-12-6-3-2-4-7-12/h12-14H,2-11H2,1H3. The molecule has 0 radical (unpaired) electrons. The number of likely N-dealkylation sites (N-methyl/N-ethyl adjacent to an activating group) is 1. The van der Waals surface area contributed by atoms with Crippen LogP contribution in [0.15, 0.2) is 0 Å². The first-order chi connectivity index (χ1) is 7.36. The van der Waals surface area contributed by atoms with E-state index in [0.29, 0.717) is 0 Å². The third-order valence-corrected chi connectivity index (χ3v) is 4.20. The molecule has 2 aliphatic rings. The molecule has 1 N–H and O–H groups in total. The molecule has 15 heavy (non-hydrogen) atoms. The highest BCUT2D eigenvalue weighted by molar-refractivity contribution is 4.79. The lowest BCUT2D eigenvalue weighted by Gasteiger charge is -2.31. The molecule has 1 heterocycles. The average Bonchev–Trinajstić information content (AvgIpc) is 2.46. The minimum absolute atomic E-state index is 0.801. The van der Waals surface area contributed by atoms with Crippen molar-refractivity contribution in [2.24, 2.45) is 5.92 Å². The SMILES string of the molecule is CN1CCCNCC1CC1CCCCC1. The lowest BCUT2D eigenvalue weighted by molar-refractivity contribution is 0.197. The van der Waals surface area contributed by atoms with Crippen LogP contribution in [0.25, 0.3) is 0 Å². The van der Waals surface area contributed by atoms with Crippen molar-refractivity contribution in [1.82, 2.24) is 10.2 Å². The van der Waals surface area contributed by atoms with E-state index in [0.717, 1.165) is 12.0 Å². The van der Waals surface area contributed by atoms with Gasteiger partial charge in [-0.1, -0.05) is 32.1 Å². The number of nitrogens with one attached hydrogen (secondary N) is 1. The van der Waals surface area contributed by atoms with Crippen molar-refractivity contribution in [1.29, 1.82) is 0 Å². The van der Waals surface area contributed by atoms with Gasteiger partial charge in [-0.3, -0.25) is 0 Å². The van der Waals surface area contributed by atoms with Crippen LogP contribution in [0.2, 0.25) is 0 Å². The molecule has 0 spiro atoms. The summed E-state index contributed by atoms with van der Waals surface area (Å²) in [4.78, 5) is 2.58. The van der Waals surface area contributed by atoms with Crippen LogP contribution in [0.5, 0.6) is 0 Å². The van der Waals surface area contributed by atoms with Crippen molar-refractivity contribution in [3.63, 3.8) is 0 Å². The summed E-state index contributed by atoms with van der Waals surface area (Å²) < 4.78 is 0. The summed E-state index contributed by atoms with van der Waals surface area (Å²) >= 11 is 0. The first kappa shape index (κ1) is 11.4. The van der Waals surface area contributed by atoms with Gasteiger partial charge >= 0.3 is 0 Å². The van der Waals surface area contributed by atoms with Crippen molar-refractivity contribution < 1.29 is 0 Å². The zero-order valence-corrected chi connectivity index (χ0v) is 10.2. The van der Waals surface area contributed by atoms with Gasteiger partial charge in [-0.15, -0.1) is 0 Å². The lowest BCUT2D eigenvalue weighted by atomic mass is 9.84. The van der Waals surface area contributed by atoms with Crippen LogP contribution in [0, 0.1) is 5.92 Å². The van der Waals surface area contributed by atoms with E-state index in [1.807, 2.05) is 0 Å². The van der Waals surface area contributed by atoms with Crippen LogP contribution in [0.3, 0.4) is 0 Å². The Kier molecular flexibility index (Phi) is 4.45. The lowest BCUT2D eigenvalue weighted by Crippen LogP contribution is -2.38. The van der Waals surface area contributed by atoms with Gasteiger partial charge in [0, 0.05) is 12.6 Å². The summed E-state index contributed by atoms with van der Waals surface area (Å²) in [6.45, 7) is 3.71. The van der Waals surface area contributed by atoms with Crippen LogP contribution < -0.4 is 5.32 Å². The minimum atomic E-state index is 0.801. The Hall–Kier alpha value is -0.0800. The first-order valence-corrected chi connectivity index (χ1v) is 6.77. The number of hydrogen-bond acceptors (Lipinski definition) is 2. The molecule has 1 saturated carbocycles. The summed E-state index contributed by atoms with van der Waals surface area (Å²) in [5.41, 5.74) is 0. The zero-order chi connectivity index (χ0) is 10.5. The van der Waals surface area contributed by atoms with Crippen molar-refractivity contribution in [3.05, 3.63) is 0 Å². The second kappa shape index (κ2) is 5.86. The fourth-order valence-electron chi connectivity index (χ4n) is 3.13. The largest absolute Gasteiger partial charge is 0.315 e. The van der Waals surface area contributed by atoms with Crippen LogP contribution in [-0.4, -0.2) is 37.6 Å². The van der Waals surface area contributed by atoms with E-state index in [2.05, 4.69) is 17.3 Å². The van der Waals surface area contributed by atoms with Gasteiger partial charge in [0.1, 0.15) is 0 Å². The molecule has 0 aromatic heterocycles. The first-order valence-electron chi connectivity index (χ1n) is 6.77. The molecule has 1 atom stereocenters. The molecule has 2 fully saturated rings. The molecular weight excluding hydrogens is 184 g/mol. The maximum absolute atomic E-state index is 3.58. The molecule has 1 aliphatic carbocycles. The van der Waals surface area contributed by atoms with E-state index in [9.17, 15) is 0 Å². The molecule has 2 nitrogen and oxygen atoms in total. The topological polar surface area (TPSA) is 15.3 Å². The average molecular weight is 210 g/mol. The van der Waals surface area contributed by atoms with Gasteiger partial charge in [0.15, 0.2) is 0 Å². The van der Waals surface area contributed by atoms with Crippen molar-refractivity contribution in [2.75, 3.05) is 26.7 Å². The normalized spacial score (nSPS) is 31.4. The van der Waals surface area contributed by atoms with E-state index < -0.39 is 0 Å². The Bertz CT molecular complexity index is 175. The smallest absolute Gasteiger partial charge is 0.0220 e. The van der Waals surface area contributed by atoms with Crippen LogP contribution in [-0.2, 0) is 0 Å². The Morgan fingerprint density at radius 3 is 2.73 bits per heavy atom. The molecule has 2 heteroatoms. The van der Waals surface area contributed by atoms with Crippen LogP contribution in [0.4, 0.5) is 0 Å². The number of nitrogens with zero attached hydrogens (tertiary/aromatic N) is 1. The predicted octanol–water partition coefficient (Wildman–Crippen LogP) is 2.25. The highest BCUT2D eigenvalue weighted by atomic mass is 15.2. The van der Waals surface area contributed by atoms with Gasteiger partial charge in [-0.05, 0) is 38.9 Å². The van der Waals surface area contributed by atoms with E-state index in [1.54, 1.807) is 0 Å². The molecule has 1 aliphatic heterocycles. The Labute approximate surface area is 94.4 Å². The second-order valence-corrected chi connectivity index (χ2v) is 5.43. The summed E-state index contributed by atoms with van der Waals surface area (Å²) in [5, 5.41) is 3.58. The maximum Gasteiger partial charge on any atom is 0.0220 e. The van der Waals surface area contributed by atoms with E-state index >= 15 is 0 Å². The highest BCUT2D eigenvalue weighted by Gasteiger charge is 2.22. The molecule has 0 aromatic carbocycles. The van der Waals surface area contributed by atoms with Gasteiger partial charge in [0.2, 0.25) is 0 Å². The zero-order valence-electron chi connectivity index (χ0n) is 10.2. The molecule has 1 unspecified atom stereocenters. The Balaban J connectivity index is 1.79. The van der Waals surface area contributed by atoms with Crippen molar-refractivity contribution in [2.45, 2.75) is 51.0 Å². The fourth-order valence-corrected chi connectivity index (χ4v) is 3.13. The van der Waals surface area contributed by atoms with Gasteiger partial charge < -0.3 is 10.2 Å². The molecule has 0 aromatic rings. The summed E-state index contributed by atoms with van der Waals surface area (Å²) in [7, 11) is 2.31. The number of hydrogen-bond donors (Lipinski definition) is 1. The van der Waals surface area contributed by atoms with E-state index in [-0.39, 0.29) is 0 Å². The number of rotatable bonds is 2. The summed E-state index contributed by atoms with van der Waals surface area (Å²) in [6.07, 6.45) is 10.2. The van der Waals surface area contributed by atoms with E-state index in [4.69, 9.17) is 0 Å². The molecule has 88 valence electrons. The second-order valence-electron chi connectivity index (χ2n) is 5.43. The van der Waals surface area contributed by atoms with Gasteiger partial charge in [0.05, 0.1) is 0 Å². The fraction of sp³-hybridized carbons (Fsp3) is 1.00. The Morgan fingerprint density at radius 2 is 1.93 bits per heavy atom. The molecule has 1 saturated heterocycles. The summed E-state index contributed by atoms with van der Waals surface area (Å²) in [6, 6.07) is 0.801. The molecule has 0 bridgehead atoms. The third-order valence-electron chi connectivity index (χ3n) is 4.20. The summed E-state index contributed by atoms with van der Waals surface area (Å²) in [5.74, 6) is 1.02. The monoisotopic (exact) mass is 210 g/mol. The minimum Gasteiger partial charge on any atom is -0.315 e. The predicted molar refractivity (Wildman–Crippen MR) is 65.1 cm³/mol. The van der Waals surface area contributed by atoms with Gasteiger partial charge in [-0.2, -0.15) is 0 Å². The highest BCUT2D eigenvalue weighted by Crippen LogP contribution is 2.28. The van der Waals surface area contributed by atoms with E-state index in [1.165, 1.54) is 64.6 Å². The maximum atomic E-state index is 3.58. The van der Waals surface area contributed by atoms with Crippen LogP contribution in [0.1, 0.15) is 44.9 Å². The molecule has 0 amide bonds. The quantitative estimate of drug-likeness (QED) is 0.752. The Morgan fingerprint density at radius 1 is 1.13 bits per heavy atom. The van der Waals surface area contributed by atoms with Crippen molar-refractivity contribution in [3.8, 4) is 0 Å². The van der Waals surface area contributed by atoms with Crippen LogP contribution >= 0.6 is 0 Å². The van der Waals surface area contributed by atoms with Crippen molar-refractivity contribution >= 4 is 0 Å². The third kappa shape index (κ3) is 3.46.